The predicted octanol–water partition coefficient (Wildman–Crippen LogP) is 2.42. The van der Waals surface area contributed by atoms with Gasteiger partial charge in [-0.15, -0.1) is 0 Å². The van der Waals surface area contributed by atoms with Crippen molar-refractivity contribution in [2.45, 2.75) is 31.0 Å². The third kappa shape index (κ3) is 3.39. The molecule has 0 aliphatic rings. The van der Waals surface area contributed by atoms with Gasteiger partial charge in [0.05, 0.1) is 23.6 Å². The van der Waals surface area contributed by atoms with Crippen molar-refractivity contribution in [1.29, 1.82) is 0 Å². The van der Waals surface area contributed by atoms with Gasteiger partial charge in [-0.25, -0.2) is 4.79 Å². The second-order valence-electron chi connectivity index (χ2n) is 5.11. The van der Waals surface area contributed by atoms with E-state index in [0.717, 1.165) is 4.73 Å². The lowest BCUT2D eigenvalue weighted by Crippen LogP contribution is -2.29. The Hall–Kier alpha value is -2.28. The Labute approximate surface area is 138 Å². The first-order chi connectivity index (χ1) is 10.9. The zero-order valence-electron chi connectivity index (χ0n) is 13.4. The normalized spacial score (nSPS) is 12.0. The molecule has 2 aromatic rings. The van der Waals surface area contributed by atoms with Gasteiger partial charge in [-0.2, -0.15) is 4.73 Å². The summed E-state index contributed by atoms with van der Waals surface area (Å²) in [5.74, 6) is -0.648. The molecular formula is C16H18N2O4S. The summed E-state index contributed by atoms with van der Waals surface area (Å²) in [7, 11) is 1.30. The van der Waals surface area contributed by atoms with Gasteiger partial charge < -0.3 is 14.9 Å². The number of aryl methyl sites for hydroxylation is 1. The number of aromatic nitrogens is 2. The molecule has 2 aromatic heterocycles. The van der Waals surface area contributed by atoms with Crippen LogP contribution in [0, 0.1) is 19.1 Å². The van der Waals surface area contributed by atoms with Crippen molar-refractivity contribution in [3.63, 3.8) is 0 Å². The molecule has 1 unspecified atom stereocenters. The highest BCUT2D eigenvalue weighted by Gasteiger charge is 2.27. The Morgan fingerprint density at radius 1 is 1.35 bits per heavy atom. The minimum Gasteiger partial charge on any atom is -0.618 e. The van der Waals surface area contributed by atoms with Gasteiger partial charge in [-0.3, -0.25) is 4.79 Å². The van der Waals surface area contributed by atoms with Gasteiger partial charge in [0.2, 0.25) is 0 Å². The summed E-state index contributed by atoms with van der Waals surface area (Å²) >= 11 is 1.18. The number of pyridine rings is 1. The zero-order valence-corrected chi connectivity index (χ0v) is 14.2. The molecule has 23 heavy (non-hydrogen) atoms. The maximum Gasteiger partial charge on any atom is 0.339 e. The predicted molar refractivity (Wildman–Crippen MR) is 86.7 cm³/mol. The van der Waals surface area contributed by atoms with Gasteiger partial charge in [0.15, 0.2) is 12.0 Å². The lowest BCUT2D eigenvalue weighted by atomic mass is 10.1. The molecule has 7 heteroatoms. The average molecular weight is 334 g/mol. The summed E-state index contributed by atoms with van der Waals surface area (Å²) in [6.45, 7) is 5.15. The van der Waals surface area contributed by atoms with Crippen LogP contribution in [0.15, 0.2) is 29.4 Å². The highest BCUT2D eigenvalue weighted by atomic mass is 32.2. The van der Waals surface area contributed by atoms with E-state index < -0.39 is 11.2 Å². The Morgan fingerprint density at radius 2 is 2.04 bits per heavy atom. The van der Waals surface area contributed by atoms with Crippen molar-refractivity contribution in [3.05, 3.63) is 52.1 Å². The number of ether oxygens (including phenoxy) is 1. The molecule has 1 N–H and O–H groups in total. The molecule has 0 saturated heterocycles. The molecule has 0 fully saturated rings. The number of carbonyl (C=O) groups is 2. The number of nitrogens with one attached hydrogen (secondary N) is 1. The Balaban J connectivity index is 2.27. The molecular weight excluding hydrogens is 316 g/mol. The number of H-pyrrole nitrogens is 1. The monoisotopic (exact) mass is 334 g/mol. The van der Waals surface area contributed by atoms with Crippen molar-refractivity contribution in [3.8, 4) is 0 Å². The minimum atomic E-state index is -0.476. The molecule has 0 amide bonds. The summed E-state index contributed by atoms with van der Waals surface area (Å²) in [6, 6.07) is 5.03. The molecule has 2 rings (SSSR count). The minimum absolute atomic E-state index is 0.172. The van der Waals surface area contributed by atoms with Crippen LogP contribution in [0.4, 0.5) is 0 Å². The zero-order chi connectivity index (χ0) is 17.1. The number of rotatable bonds is 5. The largest absolute Gasteiger partial charge is 0.618 e. The van der Waals surface area contributed by atoms with Crippen LogP contribution >= 0.6 is 11.8 Å². The van der Waals surface area contributed by atoms with Crippen molar-refractivity contribution in [1.82, 2.24) is 4.98 Å². The lowest BCUT2D eigenvalue weighted by Gasteiger charge is -2.09. The van der Waals surface area contributed by atoms with E-state index in [1.165, 1.54) is 25.1 Å². The van der Waals surface area contributed by atoms with Crippen molar-refractivity contribution >= 4 is 23.5 Å². The number of hydrogen-bond donors (Lipinski definition) is 1. The van der Waals surface area contributed by atoms with Crippen LogP contribution in [0.5, 0.6) is 0 Å². The van der Waals surface area contributed by atoms with Crippen LogP contribution < -0.4 is 4.73 Å². The Bertz CT molecular complexity index is 755. The number of nitrogens with zero attached hydrogens (tertiary/aromatic N) is 1. The number of methoxy groups -OCH3 is 1. The van der Waals surface area contributed by atoms with Gasteiger partial charge in [-0.1, -0.05) is 0 Å². The van der Waals surface area contributed by atoms with Gasteiger partial charge in [0, 0.05) is 17.8 Å². The van der Waals surface area contributed by atoms with Gasteiger partial charge >= 0.3 is 5.97 Å². The molecule has 0 bridgehead atoms. The molecule has 0 aliphatic carbocycles. The topological polar surface area (TPSA) is 86.1 Å². The molecule has 0 spiro atoms. The Kier molecular flexibility index (Phi) is 5.10. The third-order valence-corrected chi connectivity index (χ3v) is 4.65. The van der Waals surface area contributed by atoms with Gasteiger partial charge in [0.1, 0.15) is 0 Å². The molecule has 2 heterocycles. The molecule has 1 atom stereocenters. The van der Waals surface area contributed by atoms with E-state index in [0.29, 0.717) is 27.5 Å². The van der Waals surface area contributed by atoms with Crippen molar-refractivity contribution in [2.75, 3.05) is 7.11 Å². The fourth-order valence-electron chi connectivity index (χ4n) is 2.35. The maximum atomic E-state index is 12.6. The smallest absolute Gasteiger partial charge is 0.339 e. The molecule has 0 aliphatic heterocycles. The number of esters is 1. The van der Waals surface area contributed by atoms with Crippen LogP contribution in [0.3, 0.4) is 0 Å². The molecule has 0 aromatic carbocycles. The highest BCUT2D eigenvalue weighted by molar-refractivity contribution is 8.00. The first-order valence-electron chi connectivity index (χ1n) is 7.03. The summed E-state index contributed by atoms with van der Waals surface area (Å²) in [5, 5.41) is 11.7. The number of ketones is 1. The quantitative estimate of drug-likeness (QED) is 0.298. The van der Waals surface area contributed by atoms with Crippen molar-refractivity contribution in [2.24, 2.45) is 0 Å². The second-order valence-corrected chi connectivity index (χ2v) is 6.47. The van der Waals surface area contributed by atoms with Gasteiger partial charge in [0.25, 0.3) is 5.03 Å². The fourth-order valence-corrected chi connectivity index (χ4v) is 3.26. The van der Waals surface area contributed by atoms with Crippen LogP contribution in [-0.4, -0.2) is 29.1 Å². The van der Waals surface area contributed by atoms with Crippen LogP contribution in [0.1, 0.15) is 39.0 Å². The summed E-state index contributed by atoms with van der Waals surface area (Å²) < 4.78 is 5.47. The van der Waals surface area contributed by atoms with E-state index in [9.17, 15) is 14.8 Å². The van der Waals surface area contributed by atoms with Crippen LogP contribution in [-0.2, 0) is 4.74 Å². The highest BCUT2D eigenvalue weighted by Crippen LogP contribution is 2.26. The summed E-state index contributed by atoms with van der Waals surface area (Å²) in [4.78, 5) is 27.4. The molecule has 122 valence electrons. The van der Waals surface area contributed by atoms with E-state index in [-0.39, 0.29) is 5.78 Å². The number of aromatic amines is 1. The van der Waals surface area contributed by atoms with Gasteiger partial charge in [-0.05, 0) is 44.2 Å². The van der Waals surface area contributed by atoms with Crippen molar-refractivity contribution < 1.29 is 19.1 Å². The first-order valence-corrected chi connectivity index (χ1v) is 7.91. The summed E-state index contributed by atoms with van der Waals surface area (Å²) in [5.41, 5.74) is 1.91. The number of Topliss-reactive ketones (excluding diaryl/α,β-unsaturated/α-hetero) is 1. The van der Waals surface area contributed by atoms with Crippen LogP contribution in [0.2, 0.25) is 0 Å². The van der Waals surface area contributed by atoms with Crippen LogP contribution in [0.25, 0.3) is 0 Å². The van der Waals surface area contributed by atoms with E-state index >= 15 is 0 Å². The summed E-state index contributed by atoms with van der Waals surface area (Å²) in [6.07, 6.45) is 1.39. The van der Waals surface area contributed by atoms with E-state index in [4.69, 9.17) is 4.74 Å². The fraction of sp³-hybridized carbons (Fsp3) is 0.312. The standard InChI is InChI=1S/C16H18N2O4S/c1-9-13(16(20)22-4)10(2)17-14(9)15(19)11(3)23-12-7-5-6-8-18(12)21/h5-8,11,17H,1-4H3. The third-order valence-electron chi connectivity index (χ3n) is 3.53. The first kappa shape index (κ1) is 17.1. The molecule has 6 nitrogen and oxygen atoms in total. The average Bonchev–Trinajstić information content (AvgIpc) is 2.82. The van der Waals surface area contributed by atoms with E-state index in [1.807, 2.05) is 0 Å². The number of hydrogen-bond acceptors (Lipinski definition) is 5. The second kappa shape index (κ2) is 6.87. The molecule has 0 saturated carbocycles. The van der Waals surface area contributed by atoms with E-state index in [1.54, 1.807) is 39.0 Å². The van der Waals surface area contributed by atoms with E-state index in [2.05, 4.69) is 4.98 Å². The number of carbonyl (C=O) groups excluding carboxylic acids is 2. The SMILES string of the molecule is COC(=O)c1c(C)[nH]c(C(=O)C(C)Sc2cccc[n+]2[O-])c1C. The Morgan fingerprint density at radius 3 is 2.65 bits per heavy atom. The lowest BCUT2D eigenvalue weighted by molar-refractivity contribution is -0.645. The molecule has 0 radical (unpaired) electrons. The maximum absolute atomic E-state index is 12.6. The number of thioether (sulfide) groups is 1.